The molecule has 1 unspecified atom stereocenters. The molecule has 0 aromatic rings. The average molecular weight is 255 g/mol. The summed E-state index contributed by atoms with van der Waals surface area (Å²) in [4.78, 5) is 18.4. The first-order chi connectivity index (χ1) is 8.15. The van der Waals surface area contributed by atoms with Crippen LogP contribution in [0.2, 0.25) is 0 Å². The van der Waals surface area contributed by atoms with Gasteiger partial charge in [0.1, 0.15) is 5.25 Å². The lowest BCUT2D eigenvalue weighted by Crippen LogP contribution is -2.32. The molecule has 0 aromatic carbocycles. The van der Waals surface area contributed by atoms with Gasteiger partial charge in [0.15, 0.2) is 5.17 Å². The summed E-state index contributed by atoms with van der Waals surface area (Å²) in [6, 6.07) is 0.435. The number of nitrogens with zero attached hydrogens (tertiary/aromatic N) is 2. The molecule has 0 spiro atoms. The maximum Gasteiger partial charge on any atom is 0.240 e. The van der Waals surface area contributed by atoms with E-state index in [1.807, 2.05) is 19.0 Å². The minimum atomic E-state index is 0.00680. The summed E-state index contributed by atoms with van der Waals surface area (Å²) in [5.74, 6) is 0.109. The molecule has 1 aliphatic heterocycles. The third kappa shape index (κ3) is 3.71. The van der Waals surface area contributed by atoms with Crippen molar-refractivity contribution in [1.82, 2.24) is 10.2 Å². The fraction of sp³-hybridized carbons (Fsp3) is 0.833. The second-order valence-electron chi connectivity index (χ2n) is 5.08. The minimum absolute atomic E-state index is 0.00680. The highest BCUT2D eigenvalue weighted by molar-refractivity contribution is 8.15. The van der Waals surface area contributed by atoms with Crippen molar-refractivity contribution in [2.75, 3.05) is 20.6 Å². The maximum atomic E-state index is 11.7. The summed E-state index contributed by atoms with van der Waals surface area (Å²) in [7, 11) is 3.98. The Bertz CT molecular complexity index is 311. The molecular weight excluding hydrogens is 234 g/mol. The molecule has 4 nitrogen and oxygen atoms in total. The third-order valence-electron chi connectivity index (χ3n) is 3.18. The van der Waals surface area contributed by atoms with Gasteiger partial charge in [-0.2, -0.15) is 0 Å². The van der Waals surface area contributed by atoms with E-state index in [0.717, 1.165) is 11.7 Å². The Balaban J connectivity index is 1.90. The van der Waals surface area contributed by atoms with Gasteiger partial charge in [0.25, 0.3) is 0 Å². The summed E-state index contributed by atoms with van der Waals surface area (Å²) < 4.78 is 0. The SMILES string of the molecule is CN(C)CC1SC(=NC2CCCCC2)NC1=O. The quantitative estimate of drug-likeness (QED) is 0.830. The first-order valence-electron chi connectivity index (χ1n) is 6.35. The molecule has 0 radical (unpaired) electrons. The van der Waals surface area contributed by atoms with Crippen LogP contribution < -0.4 is 5.32 Å². The van der Waals surface area contributed by atoms with Gasteiger partial charge in [-0.15, -0.1) is 0 Å². The van der Waals surface area contributed by atoms with Gasteiger partial charge in [-0.25, -0.2) is 0 Å². The van der Waals surface area contributed by atoms with E-state index in [2.05, 4.69) is 10.3 Å². The predicted octanol–water partition coefficient (Wildman–Crippen LogP) is 1.47. The normalized spacial score (nSPS) is 29.0. The monoisotopic (exact) mass is 255 g/mol. The molecular formula is C12H21N3OS. The van der Waals surface area contributed by atoms with Crippen LogP contribution in [0.15, 0.2) is 4.99 Å². The number of carbonyl (C=O) groups excluding carboxylic acids is 1. The van der Waals surface area contributed by atoms with Crippen LogP contribution in [0.1, 0.15) is 32.1 Å². The smallest absolute Gasteiger partial charge is 0.240 e. The summed E-state index contributed by atoms with van der Waals surface area (Å²) in [5.41, 5.74) is 0. The van der Waals surface area contributed by atoms with Crippen molar-refractivity contribution in [3.63, 3.8) is 0 Å². The summed E-state index contributed by atoms with van der Waals surface area (Å²) in [6.45, 7) is 0.778. The van der Waals surface area contributed by atoms with Gasteiger partial charge in [0.2, 0.25) is 5.91 Å². The Morgan fingerprint density at radius 1 is 1.35 bits per heavy atom. The molecule has 0 aromatic heterocycles. The number of carbonyl (C=O) groups is 1. The summed E-state index contributed by atoms with van der Waals surface area (Å²) in [5, 5.41) is 3.75. The van der Waals surface area contributed by atoms with Crippen LogP contribution in [0, 0.1) is 0 Å². The third-order valence-corrected chi connectivity index (χ3v) is 4.26. The molecule has 5 heteroatoms. The van der Waals surface area contributed by atoms with Crippen molar-refractivity contribution < 1.29 is 4.79 Å². The fourth-order valence-electron chi connectivity index (χ4n) is 2.29. The van der Waals surface area contributed by atoms with Crippen LogP contribution in [0.3, 0.4) is 0 Å². The van der Waals surface area contributed by atoms with Crippen molar-refractivity contribution in [1.29, 1.82) is 0 Å². The molecule has 2 aliphatic rings. The lowest BCUT2D eigenvalue weighted by Gasteiger charge is -2.17. The lowest BCUT2D eigenvalue weighted by atomic mass is 9.96. The van der Waals surface area contributed by atoms with Crippen molar-refractivity contribution in [3.05, 3.63) is 0 Å². The minimum Gasteiger partial charge on any atom is -0.308 e. The molecule has 17 heavy (non-hydrogen) atoms. The molecule has 1 saturated heterocycles. The Kier molecular flexibility index (Phi) is 4.45. The molecule has 2 rings (SSSR count). The number of nitrogens with one attached hydrogen (secondary N) is 1. The van der Waals surface area contributed by atoms with E-state index in [1.54, 1.807) is 11.8 Å². The Labute approximate surface area is 107 Å². The number of aliphatic imine (C=N–C) groups is 1. The van der Waals surface area contributed by atoms with Gasteiger partial charge < -0.3 is 10.2 Å². The highest BCUT2D eigenvalue weighted by Gasteiger charge is 2.31. The average Bonchev–Trinajstić information content (AvgIpc) is 2.59. The Morgan fingerprint density at radius 2 is 2.06 bits per heavy atom. The second kappa shape index (κ2) is 5.87. The molecule has 1 atom stereocenters. The second-order valence-corrected chi connectivity index (χ2v) is 6.28. The molecule has 96 valence electrons. The van der Waals surface area contributed by atoms with Crippen LogP contribution >= 0.6 is 11.8 Å². The van der Waals surface area contributed by atoms with E-state index in [4.69, 9.17) is 0 Å². The van der Waals surface area contributed by atoms with E-state index < -0.39 is 0 Å². The van der Waals surface area contributed by atoms with Gasteiger partial charge in [0, 0.05) is 6.54 Å². The number of hydrogen-bond acceptors (Lipinski definition) is 4. The molecule has 1 amide bonds. The lowest BCUT2D eigenvalue weighted by molar-refractivity contribution is -0.119. The van der Waals surface area contributed by atoms with Crippen LogP contribution in [-0.2, 0) is 4.79 Å². The first kappa shape index (κ1) is 12.9. The molecule has 1 N–H and O–H groups in total. The first-order valence-corrected chi connectivity index (χ1v) is 7.23. The van der Waals surface area contributed by atoms with Gasteiger partial charge >= 0.3 is 0 Å². The number of thioether (sulfide) groups is 1. The number of hydrogen-bond donors (Lipinski definition) is 1. The zero-order valence-electron chi connectivity index (χ0n) is 10.6. The summed E-state index contributed by atoms with van der Waals surface area (Å²) >= 11 is 1.59. The largest absolute Gasteiger partial charge is 0.308 e. The van der Waals surface area contributed by atoms with E-state index in [9.17, 15) is 4.79 Å². The van der Waals surface area contributed by atoms with Crippen LogP contribution in [0.25, 0.3) is 0 Å². The molecule has 0 bridgehead atoms. The molecule has 2 fully saturated rings. The van der Waals surface area contributed by atoms with Gasteiger partial charge in [0.05, 0.1) is 6.04 Å². The Hall–Kier alpha value is -0.550. The van der Waals surface area contributed by atoms with Crippen LogP contribution in [-0.4, -0.2) is 47.9 Å². The van der Waals surface area contributed by atoms with Crippen molar-refractivity contribution >= 4 is 22.8 Å². The number of amidine groups is 1. The predicted molar refractivity (Wildman–Crippen MR) is 72.4 cm³/mol. The topological polar surface area (TPSA) is 44.7 Å². The van der Waals surface area contributed by atoms with E-state index in [-0.39, 0.29) is 11.2 Å². The Morgan fingerprint density at radius 3 is 2.71 bits per heavy atom. The highest BCUT2D eigenvalue weighted by atomic mass is 32.2. The van der Waals surface area contributed by atoms with Crippen molar-refractivity contribution in [2.45, 2.75) is 43.4 Å². The fourth-order valence-corrected chi connectivity index (χ4v) is 3.47. The highest BCUT2D eigenvalue weighted by Crippen LogP contribution is 2.25. The van der Waals surface area contributed by atoms with Crippen LogP contribution in [0.4, 0.5) is 0 Å². The van der Waals surface area contributed by atoms with E-state index >= 15 is 0 Å². The standard InChI is InChI=1S/C12H21N3OS/c1-15(2)8-10-11(16)14-12(17-10)13-9-6-4-3-5-7-9/h9-10H,3-8H2,1-2H3,(H,13,14,16). The molecule has 1 saturated carbocycles. The van der Waals surface area contributed by atoms with Gasteiger partial charge in [-0.3, -0.25) is 9.79 Å². The summed E-state index contributed by atoms with van der Waals surface area (Å²) in [6.07, 6.45) is 6.25. The number of rotatable bonds is 3. The molecule has 1 aliphatic carbocycles. The van der Waals surface area contributed by atoms with Gasteiger partial charge in [-0.05, 0) is 26.9 Å². The molecule has 1 heterocycles. The van der Waals surface area contributed by atoms with E-state index in [1.165, 1.54) is 32.1 Å². The van der Waals surface area contributed by atoms with Crippen molar-refractivity contribution in [3.8, 4) is 0 Å². The number of amides is 1. The zero-order chi connectivity index (χ0) is 12.3. The van der Waals surface area contributed by atoms with Crippen LogP contribution in [0.5, 0.6) is 0 Å². The van der Waals surface area contributed by atoms with Gasteiger partial charge in [-0.1, -0.05) is 31.0 Å². The van der Waals surface area contributed by atoms with Crippen molar-refractivity contribution in [2.24, 2.45) is 4.99 Å². The van der Waals surface area contributed by atoms with E-state index in [0.29, 0.717) is 6.04 Å². The zero-order valence-corrected chi connectivity index (χ0v) is 11.4. The maximum absolute atomic E-state index is 11.7.